The molecular weight excluding hydrogens is 198 g/mol. The van der Waals surface area contributed by atoms with Crippen molar-refractivity contribution in [3.63, 3.8) is 0 Å². The molecule has 0 spiro atoms. The highest BCUT2D eigenvalue weighted by Gasteiger charge is 2.25. The Kier molecular flexibility index (Phi) is 3.52. The van der Waals surface area contributed by atoms with E-state index in [1.165, 1.54) is 0 Å². The van der Waals surface area contributed by atoms with Gasteiger partial charge in [0.25, 0.3) is 0 Å². The van der Waals surface area contributed by atoms with E-state index in [0.29, 0.717) is 12.5 Å². The van der Waals surface area contributed by atoms with Crippen LogP contribution in [-0.4, -0.2) is 18.4 Å². The van der Waals surface area contributed by atoms with Gasteiger partial charge in [-0.25, -0.2) is 0 Å². The molecule has 1 N–H and O–H groups in total. The zero-order valence-corrected chi connectivity index (χ0v) is 9.57. The smallest absolute Gasteiger partial charge is 0.160 e. The Morgan fingerprint density at radius 3 is 2.75 bits per heavy atom. The van der Waals surface area contributed by atoms with Crippen molar-refractivity contribution in [1.29, 1.82) is 0 Å². The number of carbonyl (C=O) groups is 1. The van der Waals surface area contributed by atoms with E-state index in [0.717, 1.165) is 24.1 Å². The molecule has 1 aromatic carbocycles. The summed E-state index contributed by atoms with van der Waals surface area (Å²) in [6.07, 6.45) is 3.52. The molecule has 1 aliphatic rings. The molecule has 1 aliphatic carbocycles. The van der Waals surface area contributed by atoms with Gasteiger partial charge in [-0.2, -0.15) is 0 Å². The summed E-state index contributed by atoms with van der Waals surface area (Å²) < 4.78 is 0. The Bertz CT molecular complexity index is 394. The van der Waals surface area contributed by atoms with Crippen LogP contribution < -0.4 is 5.32 Å². The Hall–Kier alpha value is -1.41. The molecule has 1 unspecified atom stereocenters. The van der Waals surface area contributed by atoms with Crippen molar-refractivity contribution in [2.75, 3.05) is 6.54 Å². The zero-order valence-electron chi connectivity index (χ0n) is 9.57. The average Bonchev–Trinajstić information content (AvgIpc) is 2.61. The Labute approximate surface area is 96.4 Å². The summed E-state index contributed by atoms with van der Waals surface area (Å²) in [7, 11) is 0. The Balaban J connectivity index is 2.11. The first-order chi connectivity index (χ1) is 7.79. The highest BCUT2D eigenvalue weighted by Crippen LogP contribution is 2.23. The lowest BCUT2D eigenvalue weighted by atomic mass is 10.1. The number of hydrogen-bond acceptors (Lipinski definition) is 2. The second-order valence-corrected chi connectivity index (χ2v) is 4.17. The first-order valence-corrected chi connectivity index (χ1v) is 5.82. The summed E-state index contributed by atoms with van der Waals surface area (Å²) in [5.74, 6) is 0.287. The van der Waals surface area contributed by atoms with Crippen LogP contribution in [0.4, 0.5) is 0 Å². The van der Waals surface area contributed by atoms with Crippen molar-refractivity contribution in [2.24, 2.45) is 0 Å². The molecular formula is C14H17NO. The number of hydrogen-bond donors (Lipinski definition) is 1. The van der Waals surface area contributed by atoms with Gasteiger partial charge in [0.2, 0.25) is 0 Å². The summed E-state index contributed by atoms with van der Waals surface area (Å²) in [6, 6.07) is 10.4. The molecule has 84 valence electrons. The fourth-order valence-electron chi connectivity index (χ4n) is 2.13. The average molecular weight is 215 g/mol. The molecule has 1 aromatic rings. The topological polar surface area (TPSA) is 29.1 Å². The molecule has 0 aromatic heterocycles. The van der Waals surface area contributed by atoms with Crippen molar-refractivity contribution in [1.82, 2.24) is 5.32 Å². The quantitative estimate of drug-likeness (QED) is 0.784. The number of nitrogens with one attached hydrogen (secondary N) is 1. The van der Waals surface area contributed by atoms with E-state index >= 15 is 0 Å². The molecule has 2 heteroatoms. The normalized spacial score (nSPS) is 22.9. The highest BCUT2D eigenvalue weighted by atomic mass is 16.1. The molecule has 0 bridgehead atoms. The van der Waals surface area contributed by atoms with Gasteiger partial charge in [0.15, 0.2) is 5.78 Å². The van der Waals surface area contributed by atoms with Crippen LogP contribution in [0.5, 0.6) is 0 Å². The predicted molar refractivity (Wildman–Crippen MR) is 66.1 cm³/mol. The first kappa shape index (κ1) is 11.1. The standard InChI is InChI=1S/C14H17NO/c1-2-15-13-9-12(14(16)10-13)8-11-6-4-3-5-7-11/h3-8,13,15H,2,9-10H2,1H3. The van der Waals surface area contributed by atoms with E-state index < -0.39 is 0 Å². The lowest BCUT2D eigenvalue weighted by Gasteiger charge is -2.06. The monoisotopic (exact) mass is 215 g/mol. The maximum absolute atomic E-state index is 11.8. The second-order valence-electron chi connectivity index (χ2n) is 4.17. The van der Waals surface area contributed by atoms with Gasteiger partial charge < -0.3 is 5.32 Å². The van der Waals surface area contributed by atoms with E-state index in [2.05, 4.69) is 12.2 Å². The van der Waals surface area contributed by atoms with Crippen LogP contribution in [0.15, 0.2) is 35.9 Å². The van der Waals surface area contributed by atoms with Gasteiger partial charge in [-0.05, 0) is 30.2 Å². The predicted octanol–water partition coefficient (Wildman–Crippen LogP) is 2.41. The van der Waals surface area contributed by atoms with E-state index in [9.17, 15) is 4.79 Å². The first-order valence-electron chi connectivity index (χ1n) is 5.82. The number of rotatable bonds is 3. The van der Waals surface area contributed by atoms with Crippen LogP contribution in [0.3, 0.4) is 0 Å². The van der Waals surface area contributed by atoms with Crippen molar-refractivity contribution in [3.05, 3.63) is 41.5 Å². The van der Waals surface area contributed by atoms with Gasteiger partial charge in [-0.3, -0.25) is 4.79 Å². The Morgan fingerprint density at radius 1 is 1.31 bits per heavy atom. The fraction of sp³-hybridized carbons (Fsp3) is 0.357. The van der Waals surface area contributed by atoms with Gasteiger partial charge in [0.1, 0.15) is 0 Å². The van der Waals surface area contributed by atoms with Crippen molar-refractivity contribution >= 4 is 11.9 Å². The van der Waals surface area contributed by atoms with Crippen LogP contribution in [0.1, 0.15) is 25.3 Å². The van der Waals surface area contributed by atoms with Crippen LogP contribution in [-0.2, 0) is 4.79 Å². The summed E-state index contributed by atoms with van der Waals surface area (Å²) in [6.45, 7) is 3.00. The van der Waals surface area contributed by atoms with Crippen LogP contribution in [0, 0.1) is 0 Å². The third-order valence-corrected chi connectivity index (χ3v) is 2.89. The van der Waals surface area contributed by atoms with Crippen molar-refractivity contribution in [2.45, 2.75) is 25.8 Å². The summed E-state index contributed by atoms with van der Waals surface area (Å²) in [4.78, 5) is 11.8. The maximum atomic E-state index is 11.8. The lowest BCUT2D eigenvalue weighted by Crippen LogP contribution is -2.25. The molecule has 0 saturated heterocycles. The van der Waals surface area contributed by atoms with Gasteiger partial charge in [-0.1, -0.05) is 37.3 Å². The molecule has 16 heavy (non-hydrogen) atoms. The molecule has 1 fully saturated rings. The molecule has 0 heterocycles. The van der Waals surface area contributed by atoms with E-state index in [-0.39, 0.29) is 5.78 Å². The SMILES string of the molecule is CCNC1CC(=O)C(=Cc2ccccc2)C1. The number of carbonyl (C=O) groups excluding carboxylic acids is 1. The zero-order chi connectivity index (χ0) is 11.4. The van der Waals surface area contributed by atoms with Gasteiger partial charge in [0, 0.05) is 12.5 Å². The van der Waals surface area contributed by atoms with E-state index in [4.69, 9.17) is 0 Å². The molecule has 1 saturated carbocycles. The fourth-order valence-corrected chi connectivity index (χ4v) is 2.13. The Morgan fingerprint density at radius 2 is 2.06 bits per heavy atom. The summed E-state index contributed by atoms with van der Waals surface area (Å²) in [5, 5.41) is 3.33. The largest absolute Gasteiger partial charge is 0.313 e. The van der Waals surface area contributed by atoms with Crippen LogP contribution in [0.25, 0.3) is 6.08 Å². The number of ketones is 1. The third kappa shape index (κ3) is 2.58. The lowest BCUT2D eigenvalue weighted by molar-refractivity contribution is -0.114. The maximum Gasteiger partial charge on any atom is 0.160 e. The van der Waals surface area contributed by atoms with Gasteiger partial charge in [-0.15, -0.1) is 0 Å². The number of benzene rings is 1. The minimum Gasteiger partial charge on any atom is -0.313 e. The van der Waals surface area contributed by atoms with Gasteiger partial charge >= 0.3 is 0 Å². The van der Waals surface area contributed by atoms with E-state index in [1.54, 1.807) is 0 Å². The molecule has 0 aliphatic heterocycles. The molecule has 2 nitrogen and oxygen atoms in total. The van der Waals surface area contributed by atoms with Crippen molar-refractivity contribution in [3.8, 4) is 0 Å². The highest BCUT2D eigenvalue weighted by molar-refractivity contribution is 6.02. The van der Waals surface area contributed by atoms with Crippen LogP contribution in [0.2, 0.25) is 0 Å². The van der Waals surface area contributed by atoms with Crippen LogP contribution >= 0.6 is 0 Å². The summed E-state index contributed by atoms with van der Waals surface area (Å²) in [5.41, 5.74) is 2.07. The van der Waals surface area contributed by atoms with Gasteiger partial charge in [0.05, 0.1) is 0 Å². The third-order valence-electron chi connectivity index (χ3n) is 2.89. The molecule has 2 rings (SSSR count). The van der Waals surface area contributed by atoms with Crippen molar-refractivity contribution < 1.29 is 4.79 Å². The second kappa shape index (κ2) is 5.08. The summed E-state index contributed by atoms with van der Waals surface area (Å²) >= 11 is 0. The molecule has 0 radical (unpaired) electrons. The molecule has 1 atom stereocenters. The minimum absolute atomic E-state index is 0.287. The minimum atomic E-state index is 0.287. The molecule has 0 amide bonds. The number of Topliss-reactive ketones (excluding diaryl/α,β-unsaturated/α-hetero) is 1. The van der Waals surface area contributed by atoms with E-state index in [1.807, 2.05) is 36.4 Å².